The van der Waals surface area contributed by atoms with Crippen LogP contribution in [0.25, 0.3) is 22.2 Å². The number of sulfonamides is 1. The summed E-state index contributed by atoms with van der Waals surface area (Å²) in [6, 6.07) is 11.1. The van der Waals surface area contributed by atoms with Gasteiger partial charge in [-0.25, -0.2) is 9.97 Å². The zero-order valence-electron chi connectivity index (χ0n) is 19.4. The van der Waals surface area contributed by atoms with Crippen LogP contribution >= 0.6 is 0 Å². The molecule has 176 valence electrons. The molecular weight excluding hydrogens is 450 g/mol. The summed E-state index contributed by atoms with van der Waals surface area (Å²) >= 11 is 0. The van der Waals surface area contributed by atoms with Crippen molar-refractivity contribution in [2.45, 2.75) is 24.8 Å². The van der Waals surface area contributed by atoms with Crippen LogP contribution in [0.1, 0.15) is 18.4 Å². The summed E-state index contributed by atoms with van der Waals surface area (Å²) in [5, 5.41) is 0.694. The van der Waals surface area contributed by atoms with Crippen LogP contribution < -0.4 is 14.4 Å². The van der Waals surface area contributed by atoms with Gasteiger partial charge in [-0.05, 0) is 55.2 Å². The largest absolute Gasteiger partial charge is 0.497 e. The van der Waals surface area contributed by atoms with Crippen LogP contribution in [0, 0.1) is 6.92 Å². The van der Waals surface area contributed by atoms with Gasteiger partial charge in [0, 0.05) is 56.0 Å². The summed E-state index contributed by atoms with van der Waals surface area (Å²) in [4.78, 5) is 11.0. The molecular formula is C25H27N5O3S. The third kappa shape index (κ3) is 4.07. The molecule has 0 saturated carbocycles. The van der Waals surface area contributed by atoms with Crippen LogP contribution in [0.5, 0.6) is 5.75 Å². The molecule has 9 heteroatoms. The van der Waals surface area contributed by atoms with Crippen LogP contribution in [0.2, 0.25) is 0 Å². The minimum absolute atomic E-state index is 0.0294. The van der Waals surface area contributed by atoms with Gasteiger partial charge in [0.15, 0.2) is 5.03 Å². The molecule has 8 nitrogen and oxygen atoms in total. The summed E-state index contributed by atoms with van der Waals surface area (Å²) in [6.45, 7) is 3.89. The van der Waals surface area contributed by atoms with Gasteiger partial charge >= 0.3 is 0 Å². The summed E-state index contributed by atoms with van der Waals surface area (Å²) in [7, 11) is -0.315. The van der Waals surface area contributed by atoms with Crippen molar-refractivity contribution in [3.63, 3.8) is 0 Å². The van der Waals surface area contributed by atoms with Gasteiger partial charge in [0.05, 0.1) is 18.2 Å². The Labute approximate surface area is 199 Å². The lowest BCUT2D eigenvalue weighted by Crippen LogP contribution is -2.17. The third-order valence-electron chi connectivity index (χ3n) is 6.17. The van der Waals surface area contributed by atoms with Gasteiger partial charge in [-0.2, -0.15) is 8.42 Å². The summed E-state index contributed by atoms with van der Waals surface area (Å²) in [5.74, 6) is 0.756. The highest BCUT2D eigenvalue weighted by atomic mass is 32.2. The molecule has 5 rings (SSSR count). The first kappa shape index (κ1) is 22.2. The Morgan fingerprint density at radius 2 is 1.85 bits per heavy atom. The zero-order valence-corrected chi connectivity index (χ0v) is 20.3. The van der Waals surface area contributed by atoms with E-state index in [1.165, 1.54) is 18.9 Å². The van der Waals surface area contributed by atoms with Gasteiger partial charge in [0.2, 0.25) is 0 Å². The molecule has 0 spiro atoms. The molecule has 4 heterocycles. The Morgan fingerprint density at radius 1 is 1.06 bits per heavy atom. The standard InChI is InChI=1S/C25H27N5O3S/c1-17-6-7-23(27-15-17)34(31,32)28-22-8-9-26-25-24(22)21(16-29(25)2)18-12-19(14-20(13-18)33-3)30-10-4-5-11-30/h6-9,12-16H,4-5,10-11H2,1-3H3,(H,26,28). The lowest BCUT2D eigenvalue weighted by atomic mass is 10.0. The molecule has 4 aromatic rings. The molecule has 1 aliphatic heterocycles. The van der Waals surface area contributed by atoms with Gasteiger partial charge in [0.25, 0.3) is 10.0 Å². The van der Waals surface area contributed by atoms with Crippen molar-refractivity contribution >= 4 is 32.4 Å². The van der Waals surface area contributed by atoms with E-state index in [4.69, 9.17) is 4.74 Å². The average Bonchev–Trinajstić information content (AvgIpc) is 3.48. The maximum absolute atomic E-state index is 13.1. The first-order valence-electron chi connectivity index (χ1n) is 11.2. The van der Waals surface area contributed by atoms with Crippen molar-refractivity contribution in [1.82, 2.24) is 14.5 Å². The number of fused-ring (bicyclic) bond motifs is 1. The summed E-state index contributed by atoms with van der Waals surface area (Å²) < 4.78 is 36.5. The second-order valence-electron chi connectivity index (χ2n) is 8.60. The first-order chi connectivity index (χ1) is 16.4. The second-order valence-corrected chi connectivity index (χ2v) is 10.2. The Morgan fingerprint density at radius 3 is 2.56 bits per heavy atom. The van der Waals surface area contributed by atoms with Crippen LogP contribution in [-0.4, -0.2) is 43.2 Å². The van der Waals surface area contributed by atoms with Crippen LogP contribution in [0.4, 0.5) is 11.4 Å². The number of pyridine rings is 2. The number of aromatic nitrogens is 3. The minimum atomic E-state index is -3.88. The highest BCUT2D eigenvalue weighted by Crippen LogP contribution is 2.39. The Bertz CT molecular complexity index is 1460. The van der Waals surface area contributed by atoms with E-state index >= 15 is 0 Å². The SMILES string of the molecule is COc1cc(-c2cn(C)c3nccc(NS(=O)(=O)c4ccc(C)cn4)c23)cc(N2CCCC2)c1. The predicted octanol–water partition coefficient (Wildman–Crippen LogP) is 4.35. The smallest absolute Gasteiger partial charge is 0.279 e. The van der Waals surface area contributed by atoms with Crippen molar-refractivity contribution in [1.29, 1.82) is 0 Å². The molecule has 1 aliphatic rings. The van der Waals surface area contributed by atoms with Crippen LogP contribution in [-0.2, 0) is 17.1 Å². The number of nitrogens with zero attached hydrogens (tertiary/aromatic N) is 4. The Balaban J connectivity index is 1.64. The van der Waals surface area contributed by atoms with Gasteiger partial charge in [-0.15, -0.1) is 0 Å². The number of nitrogens with one attached hydrogen (secondary N) is 1. The molecule has 1 N–H and O–H groups in total. The monoisotopic (exact) mass is 477 g/mol. The number of benzene rings is 1. The van der Waals surface area contributed by atoms with Crippen molar-refractivity contribution in [2.24, 2.45) is 7.05 Å². The lowest BCUT2D eigenvalue weighted by molar-refractivity contribution is 0.415. The number of methoxy groups -OCH3 is 1. The highest BCUT2D eigenvalue weighted by Gasteiger charge is 2.22. The quantitative estimate of drug-likeness (QED) is 0.444. The first-order valence-corrected chi connectivity index (χ1v) is 12.7. The molecule has 0 aliphatic carbocycles. The van der Waals surface area contributed by atoms with E-state index in [1.807, 2.05) is 36.9 Å². The van der Waals surface area contributed by atoms with Gasteiger partial charge in [0.1, 0.15) is 11.4 Å². The predicted molar refractivity (Wildman–Crippen MR) is 134 cm³/mol. The molecule has 3 aromatic heterocycles. The molecule has 0 atom stereocenters. The van der Waals surface area contributed by atoms with E-state index in [0.29, 0.717) is 11.3 Å². The van der Waals surface area contributed by atoms with Gasteiger partial charge in [-0.1, -0.05) is 6.07 Å². The van der Waals surface area contributed by atoms with E-state index < -0.39 is 10.0 Å². The van der Waals surface area contributed by atoms with E-state index in [-0.39, 0.29) is 5.03 Å². The Kier molecular flexibility index (Phi) is 5.65. The number of rotatable bonds is 6. The van der Waals surface area contributed by atoms with Crippen LogP contribution in [0.3, 0.4) is 0 Å². The van der Waals surface area contributed by atoms with Crippen molar-refractivity contribution in [3.8, 4) is 16.9 Å². The molecule has 1 saturated heterocycles. The summed E-state index contributed by atoms with van der Waals surface area (Å²) in [5.41, 5.74) is 4.93. The Hall–Kier alpha value is -3.59. The minimum Gasteiger partial charge on any atom is -0.497 e. The molecule has 0 amide bonds. The molecule has 1 aromatic carbocycles. The normalized spacial score (nSPS) is 14.0. The maximum atomic E-state index is 13.1. The van der Waals surface area contributed by atoms with Crippen molar-refractivity contribution in [3.05, 3.63) is 60.6 Å². The topological polar surface area (TPSA) is 89.3 Å². The molecule has 0 bridgehead atoms. The zero-order chi connectivity index (χ0) is 23.9. The van der Waals surface area contributed by atoms with Crippen molar-refractivity contribution in [2.75, 3.05) is 29.8 Å². The summed E-state index contributed by atoms with van der Waals surface area (Å²) in [6.07, 6.45) is 7.46. The number of anilines is 2. The fraction of sp³-hybridized carbons (Fsp3) is 0.280. The van der Waals surface area contributed by atoms with E-state index in [9.17, 15) is 8.42 Å². The van der Waals surface area contributed by atoms with Gasteiger partial charge in [-0.3, -0.25) is 4.72 Å². The third-order valence-corrected chi connectivity index (χ3v) is 7.45. The second kappa shape index (κ2) is 8.64. The van der Waals surface area contributed by atoms with Gasteiger partial charge < -0.3 is 14.2 Å². The fourth-order valence-electron chi connectivity index (χ4n) is 4.43. The fourth-order valence-corrected chi connectivity index (χ4v) is 5.43. The molecule has 0 radical (unpaired) electrons. The van der Waals surface area contributed by atoms with Crippen LogP contribution in [0.15, 0.2) is 60.0 Å². The number of hydrogen-bond donors (Lipinski definition) is 1. The molecule has 34 heavy (non-hydrogen) atoms. The lowest BCUT2D eigenvalue weighted by Gasteiger charge is -2.20. The molecule has 0 unspecified atom stereocenters. The average molecular weight is 478 g/mol. The van der Waals surface area contributed by atoms with E-state index in [2.05, 4.69) is 25.7 Å². The van der Waals surface area contributed by atoms with E-state index in [0.717, 1.165) is 46.6 Å². The number of hydrogen-bond acceptors (Lipinski definition) is 6. The maximum Gasteiger partial charge on any atom is 0.279 e. The number of ether oxygens (including phenoxy) is 1. The number of aryl methyl sites for hydroxylation is 2. The van der Waals surface area contributed by atoms with Crippen molar-refractivity contribution < 1.29 is 13.2 Å². The van der Waals surface area contributed by atoms with E-state index in [1.54, 1.807) is 31.6 Å². The highest BCUT2D eigenvalue weighted by molar-refractivity contribution is 7.92. The molecule has 1 fully saturated rings.